The van der Waals surface area contributed by atoms with Crippen molar-refractivity contribution in [3.8, 4) is 11.4 Å². The third kappa shape index (κ3) is 7.26. The summed E-state index contributed by atoms with van der Waals surface area (Å²) >= 11 is 0. The van der Waals surface area contributed by atoms with E-state index >= 15 is 0 Å². The SMILES string of the molecule is O=C(NC1CCN(Cc2ccc(F)cc2)CC1)c1ccc(C(=O)N2CCC(Oc3ccc(-n4cccn4)cc3)CC2)nc1. The molecule has 2 saturated heterocycles. The molecule has 2 aromatic carbocycles. The molecule has 6 rings (SSSR count). The molecule has 0 aliphatic carbocycles. The van der Waals surface area contributed by atoms with Gasteiger partial charge in [0, 0.05) is 70.2 Å². The number of carbonyl (C=O) groups is 2. The Morgan fingerprint density at radius 1 is 0.907 bits per heavy atom. The van der Waals surface area contributed by atoms with Crippen LogP contribution in [0.4, 0.5) is 4.39 Å². The van der Waals surface area contributed by atoms with Gasteiger partial charge < -0.3 is 15.0 Å². The molecule has 0 unspecified atom stereocenters. The van der Waals surface area contributed by atoms with Crippen LogP contribution < -0.4 is 10.1 Å². The number of ether oxygens (including phenoxy) is 1. The molecule has 0 saturated carbocycles. The Morgan fingerprint density at radius 2 is 1.65 bits per heavy atom. The minimum atomic E-state index is -0.229. The number of rotatable bonds is 8. The molecule has 0 spiro atoms. The van der Waals surface area contributed by atoms with Crippen molar-refractivity contribution in [1.29, 1.82) is 0 Å². The van der Waals surface area contributed by atoms with Gasteiger partial charge in [-0.1, -0.05) is 12.1 Å². The Morgan fingerprint density at radius 3 is 2.30 bits per heavy atom. The molecule has 10 heteroatoms. The van der Waals surface area contributed by atoms with Crippen LogP contribution in [0.3, 0.4) is 0 Å². The number of likely N-dealkylation sites (tertiary alicyclic amines) is 2. The maximum atomic E-state index is 13.2. The first kappa shape index (κ1) is 28.5. The number of nitrogens with one attached hydrogen (secondary N) is 1. The van der Waals surface area contributed by atoms with Gasteiger partial charge in [0.2, 0.25) is 0 Å². The van der Waals surface area contributed by atoms with Gasteiger partial charge in [-0.05, 0) is 73.0 Å². The van der Waals surface area contributed by atoms with Gasteiger partial charge >= 0.3 is 0 Å². The van der Waals surface area contributed by atoms with Crippen molar-refractivity contribution in [3.63, 3.8) is 0 Å². The standard InChI is InChI=1S/C33H35FN6O3/c34-26-5-2-24(3-6-26)23-38-18-12-27(13-19-38)37-32(41)25-4-11-31(35-22-25)33(42)39-20-14-30(15-21-39)43-29-9-7-28(8-10-29)40-17-1-16-36-40/h1-11,16-17,22,27,30H,12-15,18-21,23H2,(H,37,41). The highest BCUT2D eigenvalue weighted by atomic mass is 19.1. The molecule has 0 radical (unpaired) electrons. The number of halogens is 1. The lowest BCUT2D eigenvalue weighted by molar-refractivity contribution is 0.0589. The lowest BCUT2D eigenvalue weighted by Gasteiger charge is -2.32. The van der Waals surface area contributed by atoms with Crippen molar-refractivity contribution >= 4 is 11.8 Å². The van der Waals surface area contributed by atoms with Crippen LogP contribution in [0, 0.1) is 5.82 Å². The smallest absolute Gasteiger partial charge is 0.272 e. The fraction of sp³-hybridized carbons (Fsp3) is 0.333. The molecule has 2 aliphatic heterocycles. The second-order valence-electron chi connectivity index (χ2n) is 11.1. The molecule has 2 amide bonds. The van der Waals surface area contributed by atoms with Gasteiger partial charge in [0.1, 0.15) is 23.4 Å². The van der Waals surface area contributed by atoms with E-state index in [2.05, 4.69) is 20.3 Å². The zero-order valence-corrected chi connectivity index (χ0v) is 23.9. The van der Waals surface area contributed by atoms with E-state index in [1.807, 2.05) is 48.7 Å². The number of carbonyl (C=O) groups excluding carboxylic acids is 2. The van der Waals surface area contributed by atoms with Crippen molar-refractivity contribution < 1.29 is 18.7 Å². The van der Waals surface area contributed by atoms with Gasteiger partial charge in [-0.15, -0.1) is 0 Å². The fourth-order valence-electron chi connectivity index (χ4n) is 5.64. The van der Waals surface area contributed by atoms with E-state index in [0.717, 1.165) is 62.3 Å². The lowest BCUT2D eigenvalue weighted by Crippen LogP contribution is -2.44. The van der Waals surface area contributed by atoms with Gasteiger partial charge in [-0.3, -0.25) is 19.5 Å². The molecule has 0 atom stereocenters. The van der Waals surface area contributed by atoms with Crippen molar-refractivity contribution in [2.24, 2.45) is 0 Å². The molecule has 0 bridgehead atoms. The van der Waals surface area contributed by atoms with Crippen molar-refractivity contribution in [2.75, 3.05) is 26.2 Å². The van der Waals surface area contributed by atoms with Crippen LogP contribution in [0.25, 0.3) is 5.69 Å². The zero-order chi connectivity index (χ0) is 29.6. The largest absolute Gasteiger partial charge is 0.490 e. The summed E-state index contributed by atoms with van der Waals surface area (Å²) in [5.74, 6) is 0.251. The topological polar surface area (TPSA) is 92.6 Å². The van der Waals surface area contributed by atoms with Crippen LogP contribution in [-0.4, -0.2) is 74.7 Å². The molecule has 222 valence electrons. The normalized spacial score (nSPS) is 16.6. The number of pyridine rings is 1. The Labute approximate surface area is 250 Å². The van der Waals surface area contributed by atoms with Gasteiger partial charge in [-0.25, -0.2) is 9.07 Å². The summed E-state index contributed by atoms with van der Waals surface area (Å²) in [6, 6.07) is 19.7. The van der Waals surface area contributed by atoms with E-state index in [-0.39, 0.29) is 29.8 Å². The quantitative estimate of drug-likeness (QED) is 0.329. The summed E-state index contributed by atoms with van der Waals surface area (Å²) in [6.07, 6.45) is 8.30. The van der Waals surface area contributed by atoms with Crippen LogP contribution >= 0.6 is 0 Å². The molecule has 4 aromatic rings. The minimum absolute atomic E-state index is 0.0356. The zero-order valence-electron chi connectivity index (χ0n) is 23.9. The number of nitrogens with zero attached hydrogens (tertiary/aromatic N) is 5. The summed E-state index contributed by atoms with van der Waals surface area (Å²) in [6.45, 7) is 3.64. The fourth-order valence-corrected chi connectivity index (χ4v) is 5.64. The van der Waals surface area contributed by atoms with Crippen molar-refractivity contribution in [1.82, 2.24) is 29.9 Å². The lowest BCUT2D eigenvalue weighted by atomic mass is 10.0. The Hall–Kier alpha value is -4.57. The number of amides is 2. The highest BCUT2D eigenvalue weighted by Gasteiger charge is 2.26. The van der Waals surface area contributed by atoms with Gasteiger partial charge in [-0.2, -0.15) is 5.10 Å². The Bertz CT molecular complexity index is 1490. The highest BCUT2D eigenvalue weighted by molar-refractivity contribution is 5.96. The molecule has 9 nitrogen and oxygen atoms in total. The first-order valence-electron chi connectivity index (χ1n) is 14.8. The van der Waals surface area contributed by atoms with Crippen LogP contribution in [0.5, 0.6) is 5.75 Å². The van der Waals surface area contributed by atoms with Gasteiger partial charge in [0.05, 0.1) is 11.3 Å². The molecular weight excluding hydrogens is 547 g/mol. The average molecular weight is 583 g/mol. The molecule has 4 heterocycles. The van der Waals surface area contributed by atoms with E-state index < -0.39 is 0 Å². The molecule has 2 aromatic heterocycles. The highest BCUT2D eigenvalue weighted by Crippen LogP contribution is 2.22. The van der Waals surface area contributed by atoms with E-state index in [0.29, 0.717) is 24.3 Å². The summed E-state index contributed by atoms with van der Waals surface area (Å²) < 4.78 is 21.1. The summed E-state index contributed by atoms with van der Waals surface area (Å²) in [5.41, 5.74) is 2.82. The molecule has 2 aliphatic rings. The predicted octanol–water partition coefficient (Wildman–Crippen LogP) is 4.48. The average Bonchev–Trinajstić information content (AvgIpc) is 3.59. The number of hydrogen-bond donors (Lipinski definition) is 1. The molecular formula is C33H35FN6O3. The van der Waals surface area contributed by atoms with Crippen LogP contribution in [0.15, 0.2) is 85.3 Å². The third-order valence-electron chi connectivity index (χ3n) is 8.12. The van der Waals surface area contributed by atoms with Crippen LogP contribution in [0.2, 0.25) is 0 Å². The maximum absolute atomic E-state index is 13.2. The Kier molecular flexibility index (Phi) is 8.74. The minimum Gasteiger partial charge on any atom is -0.490 e. The van der Waals surface area contributed by atoms with Crippen LogP contribution in [0.1, 0.15) is 52.1 Å². The van der Waals surface area contributed by atoms with E-state index in [1.165, 1.54) is 18.3 Å². The van der Waals surface area contributed by atoms with Gasteiger partial charge in [0.25, 0.3) is 11.8 Å². The predicted molar refractivity (Wildman–Crippen MR) is 160 cm³/mol. The second kappa shape index (κ2) is 13.2. The molecule has 1 N–H and O–H groups in total. The van der Waals surface area contributed by atoms with Crippen LogP contribution in [-0.2, 0) is 6.54 Å². The Balaban J connectivity index is 0.933. The van der Waals surface area contributed by atoms with Crippen molar-refractivity contribution in [2.45, 2.75) is 44.4 Å². The first-order valence-corrected chi connectivity index (χ1v) is 14.8. The summed E-state index contributed by atoms with van der Waals surface area (Å²) in [4.78, 5) is 34.4. The third-order valence-corrected chi connectivity index (χ3v) is 8.12. The molecule has 2 fully saturated rings. The number of aromatic nitrogens is 3. The number of piperidine rings is 2. The summed E-state index contributed by atoms with van der Waals surface area (Å²) in [7, 11) is 0. The monoisotopic (exact) mass is 582 g/mol. The van der Waals surface area contributed by atoms with E-state index in [9.17, 15) is 14.0 Å². The van der Waals surface area contributed by atoms with E-state index in [1.54, 1.807) is 27.9 Å². The molecule has 43 heavy (non-hydrogen) atoms. The first-order chi connectivity index (χ1) is 21.0. The number of benzene rings is 2. The second-order valence-corrected chi connectivity index (χ2v) is 11.1. The van der Waals surface area contributed by atoms with Crippen molar-refractivity contribution in [3.05, 3.63) is 108 Å². The summed E-state index contributed by atoms with van der Waals surface area (Å²) in [5, 5.41) is 7.34. The van der Waals surface area contributed by atoms with E-state index in [4.69, 9.17) is 4.74 Å². The number of hydrogen-bond acceptors (Lipinski definition) is 6. The maximum Gasteiger partial charge on any atom is 0.272 e. The van der Waals surface area contributed by atoms with Gasteiger partial charge in [0.15, 0.2) is 0 Å².